The Morgan fingerprint density at radius 3 is 2.76 bits per heavy atom. The SMILES string of the molecule is CNc1nccc(-c2cc(NC(=O)C(N)CCOC)c3cc(OC)ccc3c2)n1. The number of nitrogens with one attached hydrogen (secondary N) is 2. The van der Waals surface area contributed by atoms with Gasteiger partial charge in [-0.2, -0.15) is 0 Å². The second-order valence-corrected chi connectivity index (χ2v) is 6.50. The molecule has 8 nitrogen and oxygen atoms in total. The first-order chi connectivity index (χ1) is 14.0. The van der Waals surface area contributed by atoms with Crippen LogP contribution in [0.4, 0.5) is 11.6 Å². The largest absolute Gasteiger partial charge is 0.497 e. The Morgan fingerprint density at radius 2 is 2.03 bits per heavy atom. The van der Waals surface area contributed by atoms with E-state index < -0.39 is 6.04 Å². The molecule has 1 aromatic heterocycles. The normalized spacial score (nSPS) is 11.9. The van der Waals surface area contributed by atoms with Crippen LogP contribution in [0.25, 0.3) is 22.0 Å². The second-order valence-electron chi connectivity index (χ2n) is 6.50. The van der Waals surface area contributed by atoms with Crippen LogP contribution in [0, 0.1) is 0 Å². The number of fused-ring (bicyclic) bond motifs is 1. The summed E-state index contributed by atoms with van der Waals surface area (Å²) < 4.78 is 10.4. The molecule has 3 rings (SSSR count). The minimum absolute atomic E-state index is 0.276. The fourth-order valence-corrected chi connectivity index (χ4v) is 2.96. The van der Waals surface area contributed by atoms with Gasteiger partial charge < -0.3 is 25.8 Å². The number of aromatic nitrogens is 2. The molecule has 0 aliphatic carbocycles. The molecule has 0 bridgehead atoms. The van der Waals surface area contributed by atoms with Crippen LogP contribution >= 0.6 is 0 Å². The molecule has 0 saturated heterocycles. The first-order valence-corrected chi connectivity index (χ1v) is 9.24. The number of hydrogen-bond donors (Lipinski definition) is 3. The third kappa shape index (κ3) is 4.79. The van der Waals surface area contributed by atoms with E-state index in [-0.39, 0.29) is 5.91 Å². The van der Waals surface area contributed by atoms with Gasteiger partial charge in [0, 0.05) is 43.6 Å². The summed E-state index contributed by atoms with van der Waals surface area (Å²) in [6.07, 6.45) is 2.12. The molecule has 1 amide bonds. The van der Waals surface area contributed by atoms with Crippen molar-refractivity contribution in [3.05, 3.63) is 42.6 Å². The van der Waals surface area contributed by atoms with E-state index in [4.69, 9.17) is 15.2 Å². The van der Waals surface area contributed by atoms with E-state index in [0.717, 1.165) is 22.0 Å². The smallest absolute Gasteiger partial charge is 0.241 e. The number of amides is 1. The number of anilines is 2. The maximum Gasteiger partial charge on any atom is 0.241 e. The highest BCUT2D eigenvalue weighted by Crippen LogP contribution is 2.33. The minimum Gasteiger partial charge on any atom is -0.497 e. The molecule has 0 aliphatic heterocycles. The van der Waals surface area contributed by atoms with Crippen LogP contribution < -0.4 is 21.1 Å². The van der Waals surface area contributed by atoms with Gasteiger partial charge in [0.25, 0.3) is 0 Å². The van der Waals surface area contributed by atoms with Crippen molar-refractivity contribution < 1.29 is 14.3 Å². The summed E-state index contributed by atoms with van der Waals surface area (Å²) >= 11 is 0. The van der Waals surface area contributed by atoms with Crippen LogP contribution in [-0.2, 0) is 9.53 Å². The zero-order chi connectivity index (χ0) is 20.8. The summed E-state index contributed by atoms with van der Waals surface area (Å²) in [4.78, 5) is 21.3. The molecule has 0 aliphatic rings. The van der Waals surface area contributed by atoms with E-state index in [2.05, 4.69) is 20.6 Å². The Kier molecular flexibility index (Phi) is 6.58. The zero-order valence-electron chi connectivity index (χ0n) is 16.7. The van der Waals surface area contributed by atoms with Gasteiger partial charge in [-0.1, -0.05) is 6.07 Å². The van der Waals surface area contributed by atoms with Gasteiger partial charge in [0.15, 0.2) is 0 Å². The molecule has 0 fully saturated rings. The first-order valence-electron chi connectivity index (χ1n) is 9.24. The van der Waals surface area contributed by atoms with Gasteiger partial charge >= 0.3 is 0 Å². The molecular formula is C21H25N5O3. The van der Waals surface area contributed by atoms with Gasteiger partial charge in [-0.3, -0.25) is 4.79 Å². The van der Waals surface area contributed by atoms with Crippen molar-refractivity contribution >= 4 is 28.3 Å². The van der Waals surface area contributed by atoms with E-state index in [0.29, 0.717) is 30.4 Å². The molecule has 0 spiro atoms. The summed E-state index contributed by atoms with van der Waals surface area (Å²) in [5, 5.41) is 7.67. The number of carbonyl (C=O) groups excluding carboxylic acids is 1. The standard InChI is InChI=1S/C21H25N5O3/c1-23-21-24-8-6-18(26-21)14-10-13-4-5-15(29-3)12-16(13)19(11-14)25-20(27)17(22)7-9-28-2/h4-6,8,10-12,17H,7,9,22H2,1-3H3,(H,25,27)(H,23,24,26). The van der Waals surface area contributed by atoms with Crippen molar-refractivity contribution in [1.29, 1.82) is 0 Å². The lowest BCUT2D eigenvalue weighted by atomic mass is 10.0. The van der Waals surface area contributed by atoms with Crippen LogP contribution in [0.5, 0.6) is 5.75 Å². The average Bonchev–Trinajstić information content (AvgIpc) is 2.76. The molecule has 0 radical (unpaired) electrons. The zero-order valence-corrected chi connectivity index (χ0v) is 16.7. The van der Waals surface area contributed by atoms with Gasteiger partial charge in [0.2, 0.25) is 11.9 Å². The third-order valence-corrected chi connectivity index (χ3v) is 4.56. The fraction of sp³-hybridized carbons (Fsp3) is 0.286. The van der Waals surface area contributed by atoms with Crippen molar-refractivity contribution in [3.63, 3.8) is 0 Å². The predicted octanol–water partition coefficient (Wildman–Crippen LogP) is 2.65. The molecule has 0 saturated carbocycles. The quantitative estimate of drug-likeness (QED) is 0.538. The Hall–Kier alpha value is -3.23. The van der Waals surface area contributed by atoms with Crippen molar-refractivity contribution in [2.24, 2.45) is 5.73 Å². The number of nitrogens with two attached hydrogens (primary N) is 1. The molecule has 29 heavy (non-hydrogen) atoms. The van der Waals surface area contributed by atoms with Crippen LogP contribution in [0.1, 0.15) is 6.42 Å². The topological polar surface area (TPSA) is 111 Å². The van der Waals surface area contributed by atoms with E-state index in [1.807, 2.05) is 36.4 Å². The Balaban J connectivity index is 2.05. The fourth-order valence-electron chi connectivity index (χ4n) is 2.96. The maximum absolute atomic E-state index is 12.6. The third-order valence-electron chi connectivity index (χ3n) is 4.56. The molecule has 8 heteroatoms. The Labute approximate surface area is 169 Å². The summed E-state index contributed by atoms with van der Waals surface area (Å²) in [7, 11) is 4.95. The molecule has 3 aromatic rings. The lowest BCUT2D eigenvalue weighted by Crippen LogP contribution is -2.36. The molecule has 1 unspecified atom stereocenters. The van der Waals surface area contributed by atoms with Crippen molar-refractivity contribution in [2.45, 2.75) is 12.5 Å². The van der Waals surface area contributed by atoms with Crippen LogP contribution in [0.15, 0.2) is 42.6 Å². The lowest BCUT2D eigenvalue weighted by Gasteiger charge is -2.16. The van der Waals surface area contributed by atoms with Gasteiger partial charge in [-0.15, -0.1) is 0 Å². The van der Waals surface area contributed by atoms with Crippen LogP contribution in [0.2, 0.25) is 0 Å². The van der Waals surface area contributed by atoms with Crippen LogP contribution in [0.3, 0.4) is 0 Å². The highest BCUT2D eigenvalue weighted by molar-refractivity contribution is 6.06. The number of benzene rings is 2. The molecular weight excluding hydrogens is 370 g/mol. The number of carbonyl (C=O) groups is 1. The van der Waals surface area contributed by atoms with Crippen LogP contribution in [-0.4, -0.2) is 49.8 Å². The average molecular weight is 395 g/mol. The van der Waals surface area contributed by atoms with Crippen molar-refractivity contribution in [2.75, 3.05) is 38.5 Å². The summed E-state index contributed by atoms with van der Waals surface area (Å²) in [5.74, 6) is 0.940. The summed E-state index contributed by atoms with van der Waals surface area (Å²) in [6, 6.07) is 10.7. The van der Waals surface area contributed by atoms with Crippen molar-refractivity contribution in [1.82, 2.24) is 9.97 Å². The molecule has 1 heterocycles. The lowest BCUT2D eigenvalue weighted by molar-refractivity contribution is -0.117. The first kappa shape index (κ1) is 20.5. The predicted molar refractivity (Wildman–Crippen MR) is 114 cm³/mol. The molecule has 1 atom stereocenters. The van der Waals surface area contributed by atoms with Crippen molar-refractivity contribution in [3.8, 4) is 17.0 Å². The number of nitrogens with zero attached hydrogens (tertiary/aromatic N) is 2. The number of rotatable bonds is 8. The van der Waals surface area contributed by atoms with E-state index >= 15 is 0 Å². The van der Waals surface area contributed by atoms with Gasteiger partial charge in [-0.25, -0.2) is 9.97 Å². The summed E-state index contributed by atoms with van der Waals surface area (Å²) in [6.45, 7) is 0.414. The minimum atomic E-state index is -0.672. The highest BCUT2D eigenvalue weighted by atomic mass is 16.5. The van der Waals surface area contributed by atoms with Gasteiger partial charge in [0.05, 0.1) is 18.8 Å². The van der Waals surface area contributed by atoms with E-state index in [1.165, 1.54) is 0 Å². The second kappa shape index (κ2) is 9.31. The summed E-state index contributed by atoms with van der Waals surface area (Å²) in [5.41, 5.74) is 8.22. The molecule has 152 valence electrons. The number of hydrogen-bond acceptors (Lipinski definition) is 7. The van der Waals surface area contributed by atoms with Gasteiger partial charge in [0.1, 0.15) is 5.75 Å². The molecule has 2 aromatic carbocycles. The highest BCUT2D eigenvalue weighted by Gasteiger charge is 2.16. The number of methoxy groups -OCH3 is 2. The van der Waals surface area contributed by atoms with E-state index in [9.17, 15) is 4.79 Å². The molecule has 4 N–H and O–H groups in total. The monoisotopic (exact) mass is 395 g/mol. The maximum atomic E-state index is 12.6. The van der Waals surface area contributed by atoms with Gasteiger partial charge in [-0.05, 0) is 42.1 Å². The number of ether oxygens (including phenoxy) is 2. The Morgan fingerprint density at radius 1 is 1.21 bits per heavy atom. The Bertz CT molecular complexity index is 1010. The van der Waals surface area contributed by atoms with E-state index in [1.54, 1.807) is 27.5 Å².